The second kappa shape index (κ2) is 2.31. The molecule has 0 radical (unpaired) electrons. The van der Waals surface area contributed by atoms with Gasteiger partial charge < -0.3 is 0 Å². The van der Waals surface area contributed by atoms with Crippen LogP contribution >= 0.6 is 11.3 Å². The van der Waals surface area contributed by atoms with Crippen molar-refractivity contribution in [2.24, 2.45) is 0 Å². The predicted octanol–water partition coefficient (Wildman–Crippen LogP) is 0.221. The third-order valence-corrected chi connectivity index (χ3v) is 1.76. The molecule has 2 N–H and O–H groups in total. The summed E-state index contributed by atoms with van der Waals surface area (Å²) in [4.78, 5) is 17.1. The van der Waals surface area contributed by atoms with E-state index < -0.39 is 0 Å². The van der Waals surface area contributed by atoms with Crippen LogP contribution < -0.4 is 5.69 Å². The lowest BCUT2D eigenvalue weighted by Crippen LogP contribution is -2.00. The van der Waals surface area contributed by atoms with Gasteiger partial charge in [-0.15, -0.1) is 11.3 Å². The Morgan fingerprint density at radius 2 is 2.45 bits per heavy atom. The number of aromatic nitrogens is 4. The Bertz CT molecular complexity index is 387. The van der Waals surface area contributed by atoms with Gasteiger partial charge in [0.1, 0.15) is 5.69 Å². The van der Waals surface area contributed by atoms with Gasteiger partial charge in [-0.05, 0) is 0 Å². The molecule has 0 spiro atoms. The predicted molar refractivity (Wildman–Crippen MR) is 40.3 cm³/mol. The molecule has 2 rings (SSSR count). The molecule has 0 saturated heterocycles. The van der Waals surface area contributed by atoms with Crippen LogP contribution in [0.3, 0.4) is 0 Å². The highest BCUT2D eigenvalue weighted by atomic mass is 32.1. The molecular formula is C5H4N4OS. The Kier molecular flexibility index (Phi) is 1.32. The summed E-state index contributed by atoms with van der Waals surface area (Å²) in [7, 11) is 0. The topological polar surface area (TPSA) is 74.4 Å². The van der Waals surface area contributed by atoms with Crippen LogP contribution in [0.2, 0.25) is 0 Å². The summed E-state index contributed by atoms with van der Waals surface area (Å²) in [5, 5.41) is 7.78. The van der Waals surface area contributed by atoms with Gasteiger partial charge in [-0.25, -0.2) is 14.9 Å². The summed E-state index contributed by atoms with van der Waals surface area (Å²) < 4.78 is 0. The lowest BCUT2D eigenvalue weighted by atomic mass is 10.5. The number of aromatic amines is 2. The molecule has 2 aromatic heterocycles. The molecule has 56 valence electrons. The van der Waals surface area contributed by atoms with E-state index in [1.165, 1.54) is 11.3 Å². The van der Waals surface area contributed by atoms with Crippen molar-refractivity contribution in [3.05, 3.63) is 21.4 Å². The Labute approximate surface area is 65.1 Å². The normalized spacial score (nSPS) is 10.2. The molecule has 6 heteroatoms. The van der Waals surface area contributed by atoms with Crippen LogP contribution in [0.25, 0.3) is 11.5 Å². The molecular weight excluding hydrogens is 164 g/mol. The Hall–Kier alpha value is -1.43. The zero-order chi connectivity index (χ0) is 7.68. The van der Waals surface area contributed by atoms with E-state index in [4.69, 9.17) is 0 Å². The van der Waals surface area contributed by atoms with Crippen LogP contribution in [0.1, 0.15) is 0 Å². The van der Waals surface area contributed by atoms with Gasteiger partial charge in [0.2, 0.25) is 0 Å². The van der Waals surface area contributed by atoms with Gasteiger partial charge in [-0.3, -0.25) is 4.98 Å². The highest BCUT2D eigenvalue weighted by Gasteiger charge is 2.02. The molecule has 0 bridgehead atoms. The van der Waals surface area contributed by atoms with Gasteiger partial charge in [-0.2, -0.15) is 5.10 Å². The SMILES string of the molecule is O=c1[nH]nc(-c2cscn2)[nH]1. The van der Waals surface area contributed by atoms with E-state index in [2.05, 4.69) is 20.2 Å². The van der Waals surface area contributed by atoms with Crippen LogP contribution in [-0.4, -0.2) is 20.2 Å². The lowest BCUT2D eigenvalue weighted by Gasteiger charge is -1.81. The van der Waals surface area contributed by atoms with E-state index in [0.29, 0.717) is 11.5 Å². The molecule has 0 amide bonds. The summed E-state index contributed by atoms with van der Waals surface area (Å²) in [6.45, 7) is 0. The molecule has 0 aromatic carbocycles. The van der Waals surface area contributed by atoms with Gasteiger partial charge in [0.25, 0.3) is 0 Å². The highest BCUT2D eigenvalue weighted by molar-refractivity contribution is 7.07. The van der Waals surface area contributed by atoms with Gasteiger partial charge >= 0.3 is 5.69 Å². The molecule has 0 fully saturated rings. The maximum atomic E-state index is 10.6. The quantitative estimate of drug-likeness (QED) is 0.639. The lowest BCUT2D eigenvalue weighted by molar-refractivity contribution is 1.05. The maximum Gasteiger partial charge on any atom is 0.340 e. The minimum absolute atomic E-state index is 0.312. The number of thiazole rings is 1. The molecule has 0 saturated carbocycles. The monoisotopic (exact) mass is 168 g/mol. The first kappa shape index (κ1) is 6.29. The van der Waals surface area contributed by atoms with Crippen LogP contribution in [0.4, 0.5) is 0 Å². The molecule has 0 aliphatic heterocycles. The smallest absolute Gasteiger partial charge is 0.288 e. The van der Waals surface area contributed by atoms with E-state index in [9.17, 15) is 4.79 Å². The summed E-state index contributed by atoms with van der Waals surface area (Å²) >= 11 is 1.46. The number of rotatable bonds is 1. The second-order valence-corrected chi connectivity index (χ2v) is 2.62. The number of hydrogen-bond donors (Lipinski definition) is 2. The first-order valence-corrected chi connectivity index (χ1v) is 3.84. The minimum atomic E-state index is -0.312. The molecule has 0 unspecified atom stereocenters. The number of nitrogens with zero attached hydrogens (tertiary/aromatic N) is 2. The van der Waals surface area contributed by atoms with Crippen LogP contribution in [0.5, 0.6) is 0 Å². The second-order valence-electron chi connectivity index (χ2n) is 1.90. The van der Waals surface area contributed by atoms with Crippen molar-refractivity contribution in [2.45, 2.75) is 0 Å². The van der Waals surface area contributed by atoms with E-state index in [1.54, 1.807) is 5.51 Å². The van der Waals surface area contributed by atoms with E-state index in [-0.39, 0.29) is 5.69 Å². The zero-order valence-electron chi connectivity index (χ0n) is 5.37. The number of H-pyrrole nitrogens is 2. The average Bonchev–Trinajstić information content (AvgIpc) is 2.55. The molecule has 11 heavy (non-hydrogen) atoms. The fourth-order valence-electron chi connectivity index (χ4n) is 0.721. The van der Waals surface area contributed by atoms with Crippen molar-refractivity contribution in [3.63, 3.8) is 0 Å². The summed E-state index contributed by atoms with van der Waals surface area (Å²) in [6.07, 6.45) is 0. The van der Waals surface area contributed by atoms with Crippen LogP contribution in [0, 0.1) is 0 Å². The fraction of sp³-hybridized carbons (Fsp3) is 0. The van der Waals surface area contributed by atoms with Gasteiger partial charge in [0, 0.05) is 5.38 Å². The summed E-state index contributed by atoms with van der Waals surface area (Å²) in [6, 6.07) is 0. The standard InChI is InChI=1S/C5H4N4OS/c10-5-7-4(8-9-5)3-1-11-2-6-3/h1-2H,(H2,7,8,9,10). The van der Waals surface area contributed by atoms with Gasteiger partial charge in [0.15, 0.2) is 5.82 Å². The number of hydrogen-bond acceptors (Lipinski definition) is 4. The highest BCUT2D eigenvalue weighted by Crippen LogP contribution is 2.10. The van der Waals surface area contributed by atoms with Crippen LogP contribution in [0.15, 0.2) is 15.7 Å². The van der Waals surface area contributed by atoms with E-state index in [1.807, 2.05) is 5.38 Å². The van der Waals surface area contributed by atoms with Gasteiger partial charge in [0.05, 0.1) is 5.51 Å². The van der Waals surface area contributed by atoms with Crippen molar-refractivity contribution < 1.29 is 0 Å². The average molecular weight is 168 g/mol. The summed E-state index contributed by atoms with van der Waals surface area (Å²) in [5.74, 6) is 0.483. The fourth-order valence-corrected chi connectivity index (χ4v) is 1.26. The largest absolute Gasteiger partial charge is 0.340 e. The van der Waals surface area contributed by atoms with Gasteiger partial charge in [-0.1, -0.05) is 0 Å². The van der Waals surface area contributed by atoms with Crippen molar-refractivity contribution in [2.75, 3.05) is 0 Å². The molecule has 0 atom stereocenters. The molecule has 0 aliphatic carbocycles. The molecule has 5 nitrogen and oxygen atoms in total. The van der Waals surface area contributed by atoms with Crippen LogP contribution in [-0.2, 0) is 0 Å². The first-order valence-electron chi connectivity index (χ1n) is 2.89. The zero-order valence-corrected chi connectivity index (χ0v) is 6.18. The van der Waals surface area contributed by atoms with E-state index in [0.717, 1.165) is 0 Å². The Balaban J connectivity index is 2.53. The number of nitrogens with one attached hydrogen (secondary N) is 2. The van der Waals surface area contributed by atoms with Crippen molar-refractivity contribution in [3.8, 4) is 11.5 Å². The van der Waals surface area contributed by atoms with Crippen molar-refractivity contribution in [1.82, 2.24) is 20.2 Å². The Morgan fingerprint density at radius 1 is 1.55 bits per heavy atom. The Morgan fingerprint density at radius 3 is 3.00 bits per heavy atom. The molecule has 2 heterocycles. The third kappa shape index (κ3) is 1.07. The van der Waals surface area contributed by atoms with Crippen molar-refractivity contribution >= 4 is 11.3 Å². The van der Waals surface area contributed by atoms with E-state index >= 15 is 0 Å². The third-order valence-electron chi connectivity index (χ3n) is 1.18. The maximum absolute atomic E-state index is 10.6. The molecule has 0 aliphatic rings. The van der Waals surface area contributed by atoms with Crippen molar-refractivity contribution in [1.29, 1.82) is 0 Å². The first-order chi connectivity index (χ1) is 5.36. The summed E-state index contributed by atoms with van der Waals surface area (Å²) in [5.41, 5.74) is 2.06. The molecule has 2 aromatic rings. The minimum Gasteiger partial charge on any atom is -0.288 e.